The predicted molar refractivity (Wildman–Crippen MR) is 76.7 cm³/mol. The van der Waals surface area contributed by atoms with E-state index in [1.54, 1.807) is 24.3 Å². The van der Waals surface area contributed by atoms with Crippen molar-refractivity contribution in [3.63, 3.8) is 0 Å². The largest absolute Gasteiger partial charge is 0.478 e. The number of hydrogen-bond acceptors (Lipinski definition) is 2. The minimum absolute atomic E-state index is 0.0689. The number of aromatic carboxylic acids is 1. The third-order valence-corrected chi connectivity index (χ3v) is 4.05. The van der Waals surface area contributed by atoms with Crippen molar-refractivity contribution < 1.29 is 14.7 Å². The highest BCUT2D eigenvalue weighted by Gasteiger charge is 2.22. The Morgan fingerprint density at radius 3 is 2.60 bits per heavy atom. The highest BCUT2D eigenvalue weighted by atomic mass is 16.4. The summed E-state index contributed by atoms with van der Waals surface area (Å²) in [7, 11) is 1.86. The van der Waals surface area contributed by atoms with E-state index in [0.29, 0.717) is 6.04 Å². The molecule has 4 nitrogen and oxygen atoms in total. The summed E-state index contributed by atoms with van der Waals surface area (Å²) in [6.45, 7) is 0. The normalized spacial score (nSPS) is 15.8. The average Bonchev–Trinajstić information content (AvgIpc) is 2.47. The molecular formula is C16H21NO3. The average molecular weight is 275 g/mol. The molecule has 1 aliphatic rings. The molecule has 1 saturated carbocycles. The van der Waals surface area contributed by atoms with Gasteiger partial charge in [0, 0.05) is 13.1 Å². The molecule has 1 aromatic carbocycles. The molecule has 20 heavy (non-hydrogen) atoms. The molecule has 0 radical (unpaired) electrons. The zero-order chi connectivity index (χ0) is 14.5. The molecule has 0 heterocycles. The van der Waals surface area contributed by atoms with Crippen LogP contribution in [0.4, 0.5) is 0 Å². The standard InChI is InChI=1S/C16H21NO3/c1-17(14-8-3-2-4-9-14)15(18)11-12-6-5-7-13(10-12)16(19)20/h5-7,10,14H,2-4,8-9,11H2,1H3,(H,19,20). The zero-order valence-electron chi connectivity index (χ0n) is 11.8. The Kier molecular flexibility index (Phi) is 4.77. The summed E-state index contributed by atoms with van der Waals surface area (Å²) < 4.78 is 0. The van der Waals surface area contributed by atoms with Crippen molar-refractivity contribution in [1.82, 2.24) is 4.90 Å². The van der Waals surface area contributed by atoms with Gasteiger partial charge in [-0.1, -0.05) is 31.4 Å². The topological polar surface area (TPSA) is 57.6 Å². The Morgan fingerprint density at radius 2 is 1.95 bits per heavy atom. The Labute approximate surface area is 119 Å². The van der Waals surface area contributed by atoms with Crippen LogP contribution < -0.4 is 0 Å². The molecule has 1 amide bonds. The van der Waals surface area contributed by atoms with Crippen LogP contribution in [-0.2, 0) is 11.2 Å². The number of carbonyl (C=O) groups is 2. The molecular weight excluding hydrogens is 254 g/mol. The van der Waals surface area contributed by atoms with Gasteiger partial charge in [-0.3, -0.25) is 4.79 Å². The number of likely N-dealkylation sites (N-methyl/N-ethyl adjacent to an activating group) is 1. The van der Waals surface area contributed by atoms with Gasteiger partial charge in [0.1, 0.15) is 0 Å². The molecule has 1 N–H and O–H groups in total. The van der Waals surface area contributed by atoms with Crippen LogP contribution in [0.15, 0.2) is 24.3 Å². The van der Waals surface area contributed by atoms with Crippen molar-refractivity contribution in [3.05, 3.63) is 35.4 Å². The molecule has 0 aromatic heterocycles. The first-order valence-corrected chi connectivity index (χ1v) is 7.16. The monoisotopic (exact) mass is 275 g/mol. The van der Waals surface area contributed by atoms with E-state index in [4.69, 9.17) is 5.11 Å². The van der Waals surface area contributed by atoms with Gasteiger partial charge in [-0.15, -0.1) is 0 Å². The first kappa shape index (κ1) is 14.6. The first-order chi connectivity index (χ1) is 9.58. The number of benzene rings is 1. The summed E-state index contributed by atoms with van der Waals surface area (Å²) in [5.74, 6) is -0.889. The molecule has 4 heteroatoms. The van der Waals surface area contributed by atoms with Gasteiger partial charge in [0.2, 0.25) is 5.91 Å². The Hall–Kier alpha value is -1.84. The van der Waals surface area contributed by atoms with Gasteiger partial charge in [-0.05, 0) is 30.5 Å². The molecule has 0 atom stereocenters. The quantitative estimate of drug-likeness (QED) is 0.919. The Morgan fingerprint density at radius 1 is 1.25 bits per heavy atom. The molecule has 0 bridgehead atoms. The minimum atomic E-state index is -0.958. The summed E-state index contributed by atoms with van der Waals surface area (Å²) in [5.41, 5.74) is 0.994. The maximum Gasteiger partial charge on any atom is 0.335 e. The van der Waals surface area contributed by atoms with Crippen LogP contribution in [0.3, 0.4) is 0 Å². The van der Waals surface area contributed by atoms with Gasteiger partial charge in [0.25, 0.3) is 0 Å². The highest BCUT2D eigenvalue weighted by Crippen LogP contribution is 2.22. The molecule has 1 fully saturated rings. The van der Waals surface area contributed by atoms with E-state index < -0.39 is 5.97 Å². The van der Waals surface area contributed by atoms with E-state index >= 15 is 0 Å². The molecule has 108 valence electrons. The van der Waals surface area contributed by atoms with Gasteiger partial charge in [0.15, 0.2) is 0 Å². The smallest absolute Gasteiger partial charge is 0.335 e. The number of amides is 1. The van der Waals surface area contributed by atoms with Crippen LogP contribution in [0.25, 0.3) is 0 Å². The van der Waals surface area contributed by atoms with Gasteiger partial charge in [-0.2, -0.15) is 0 Å². The Balaban J connectivity index is 1.99. The second-order valence-corrected chi connectivity index (χ2v) is 5.48. The molecule has 0 spiro atoms. The van der Waals surface area contributed by atoms with Crippen molar-refractivity contribution >= 4 is 11.9 Å². The number of carbonyl (C=O) groups excluding carboxylic acids is 1. The van der Waals surface area contributed by atoms with Crippen LogP contribution in [0, 0.1) is 0 Å². The van der Waals surface area contributed by atoms with Gasteiger partial charge in [0.05, 0.1) is 12.0 Å². The third-order valence-electron chi connectivity index (χ3n) is 4.05. The van der Waals surface area contributed by atoms with Crippen molar-refractivity contribution in [2.24, 2.45) is 0 Å². The van der Waals surface area contributed by atoms with E-state index in [0.717, 1.165) is 18.4 Å². The lowest BCUT2D eigenvalue weighted by molar-refractivity contribution is -0.131. The van der Waals surface area contributed by atoms with Crippen molar-refractivity contribution in [1.29, 1.82) is 0 Å². The number of hydrogen-bond donors (Lipinski definition) is 1. The van der Waals surface area contributed by atoms with E-state index in [1.165, 1.54) is 19.3 Å². The molecule has 0 saturated heterocycles. The fourth-order valence-electron chi connectivity index (χ4n) is 2.79. The molecule has 2 rings (SSSR count). The summed E-state index contributed by atoms with van der Waals surface area (Å²) in [6, 6.07) is 6.96. The fraction of sp³-hybridized carbons (Fsp3) is 0.500. The molecule has 1 aliphatic carbocycles. The van der Waals surface area contributed by atoms with Crippen molar-refractivity contribution in [3.8, 4) is 0 Å². The summed E-state index contributed by atoms with van der Waals surface area (Å²) in [5, 5.41) is 8.96. The van der Waals surface area contributed by atoms with Crippen LogP contribution >= 0.6 is 0 Å². The van der Waals surface area contributed by atoms with Gasteiger partial charge in [-0.25, -0.2) is 4.79 Å². The van der Waals surface area contributed by atoms with Crippen LogP contribution in [0.5, 0.6) is 0 Å². The van der Waals surface area contributed by atoms with E-state index in [2.05, 4.69) is 0 Å². The van der Waals surface area contributed by atoms with Gasteiger partial charge >= 0.3 is 5.97 Å². The van der Waals surface area contributed by atoms with E-state index in [1.807, 2.05) is 11.9 Å². The second kappa shape index (κ2) is 6.55. The molecule has 0 aliphatic heterocycles. The predicted octanol–water partition coefficient (Wildman–Crippen LogP) is 2.72. The third kappa shape index (κ3) is 3.59. The van der Waals surface area contributed by atoms with Crippen LogP contribution in [0.2, 0.25) is 0 Å². The lowest BCUT2D eigenvalue weighted by Gasteiger charge is -2.31. The van der Waals surface area contributed by atoms with E-state index in [-0.39, 0.29) is 17.9 Å². The number of rotatable bonds is 4. The van der Waals surface area contributed by atoms with Gasteiger partial charge < -0.3 is 10.0 Å². The maximum atomic E-state index is 12.3. The Bertz CT molecular complexity index is 492. The minimum Gasteiger partial charge on any atom is -0.478 e. The zero-order valence-corrected chi connectivity index (χ0v) is 11.8. The molecule has 0 unspecified atom stereocenters. The van der Waals surface area contributed by atoms with Crippen LogP contribution in [0.1, 0.15) is 48.0 Å². The highest BCUT2D eigenvalue weighted by molar-refractivity contribution is 5.88. The number of carboxylic acid groups (broad SMARTS) is 1. The summed E-state index contributed by atoms with van der Waals surface area (Å²) in [4.78, 5) is 25.0. The maximum absolute atomic E-state index is 12.3. The van der Waals surface area contributed by atoms with Crippen molar-refractivity contribution in [2.75, 3.05) is 7.05 Å². The van der Waals surface area contributed by atoms with Crippen LogP contribution in [-0.4, -0.2) is 35.0 Å². The lowest BCUT2D eigenvalue weighted by Crippen LogP contribution is -2.39. The molecule has 1 aromatic rings. The fourth-order valence-corrected chi connectivity index (χ4v) is 2.79. The lowest BCUT2D eigenvalue weighted by atomic mass is 9.94. The number of carboxylic acids is 1. The summed E-state index contributed by atoms with van der Waals surface area (Å²) in [6.07, 6.45) is 6.08. The first-order valence-electron chi connectivity index (χ1n) is 7.16. The SMILES string of the molecule is CN(C(=O)Cc1cccc(C(=O)O)c1)C1CCCCC1. The van der Waals surface area contributed by atoms with Crippen molar-refractivity contribution in [2.45, 2.75) is 44.6 Å². The number of nitrogens with zero attached hydrogens (tertiary/aromatic N) is 1. The summed E-state index contributed by atoms with van der Waals surface area (Å²) >= 11 is 0. The second-order valence-electron chi connectivity index (χ2n) is 5.48. The van der Waals surface area contributed by atoms with E-state index in [9.17, 15) is 9.59 Å².